The van der Waals surface area contributed by atoms with Crippen LogP contribution in [-0.2, 0) is 15.0 Å². The predicted molar refractivity (Wildman–Crippen MR) is 135 cm³/mol. The van der Waals surface area contributed by atoms with E-state index in [9.17, 15) is 18.0 Å². The number of methoxy groups -OCH3 is 2. The second-order valence-electron chi connectivity index (χ2n) is 7.75. The van der Waals surface area contributed by atoms with Crippen LogP contribution in [0.1, 0.15) is 15.9 Å². The highest BCUT2D eigenvalue weighted by Crippen LogP contribution is 2.28. The van der Waals surface area contributed by atoms with E-state index in [4.69, 9.17) is 14.6 Å². The molecular formula is C24H28N4O7S. The summed E-state index contributed by atoms with van der Waals surface area (Å²) in [6.45, 7) is -0.345. The number of nitrogens with zero attached hydrogens (tertiary/aromatic N) is 2. The number of aliphatic hydroxyl groups excluding tert-OH is 1. The van der Waals surface area contributed by atoms with Crippen molar-refractivity contribution >= 4 is 39.0 Å². The number of rotatable bonds is 10. The van der Waals surface area contributed by atoms with E-state index in [1.807, 2.05) is 0 Å². The van der Waals surface area contributed by atoms with Gasteiger partial charge in [-0.3, -0.25) is 9.59 Å². The number of hydrogen-bond acceptors (Lipinski definition) is 7. The van der Waals surface area contributed by atoms with E-state index >= 15 is 0 Å². The van der Waals surface area contributed by atoms with Crippen LogP contribution in [0.4, 0.5) is 0 Å². The number of aliphatic hydroxyl groups is 1. The van der Waals surface area contributed by atoms with Crippen molar-refractivity contribution in [3.05, 3.63) is 65.5 Å². The average Bonchev–Trinajstić information content (AvgIpc) is 3.25. The van der Waals surface area contributed by atoms with Gasteiger partial charge >= 0.3 is 10.2 Å². The number of fused-ring (bicyclic) bond motifs is 1. The number of amides is 2. The molecule has 12 heteroatoms. The second-order valence-corrected chi connectivity index (χ2v) is 9.77. The summed E-state index contributed by atoms with van der Waals surface area (Å²) in [5.41, 5.74) is 0.844. The summed E-state index contributed by atoms with van der Waals surface area (Å²) in [5.74, 6) is -0.506. The highest BCUT2D eigenvalue weighted by molar-refractivity contribution is 7.87. The van der Waals surface area contributed by atoms with Crippen molar-refractivity contribution in [2.24, 2.45) is 0 Å². The van der Waals surface area contributed by atoms with Gasteiger partial charge in [0.25, 0.3) is 11.8 Å². The smallest absolute Gasteiger partial charge is 0.307 e. The van der Waals surface area contributed by atoms with Crippen molar-refractivity contribution in [3.63, 3.8) is 0 Å². The minimum absolute atomic E-state index is 0.0425. The predicted octanol–water partition coefficient (Wildman–Crippen LogP) is 1.19. The molecule has 192 valence electrons. The minimum atomic E-state index is -3.86. The van der Waals surface area contributed by atoms with Gasteiger partial charge in [-0.25, -0.2) is 3.97 Å². The molecular weight excluding hydrogens is 488 g/mol. The van der Waals surface area contributed by atoms with Gasteiger partial charge in [0, 0.05) is 43.4 Å². The Morgan fingerprint density at radius 1 is 1.08 bits per heavy atom. The highest BCUT2D eigenvalue weighted by Gasteiger charge is 2.22. The molecule has 3 aromatic rings. The maximum Gasteiger partial charge on any atom is 0.307 e. The van der Waals surface area contributed by atoms with Crippen LogP contribution in [0.15, 0.2) is 54.4 Å². The molecule has 0 aliphatic rings. The van der Waals surface area contributed by atoms with E-state index in [1.54, 1.807) is 30.3 Å². The summed E-state index contributed by atoms with van der Waals surface area (Å²) < 4.78 is 38.3. The first kappa shape index (κ1) is 26.7. The topological polar surface area (TPSA) is 139 Å². The molecule has 2 amide bonds. The zero-order valence-corrected chi connectivity index (χ0v) is 21.1. The Bertz CT molecular complexity index is 1410. The lowest BCUT2D eigenvalue weighted by molar-refractivity contribution is -0.117. The lowest BCUT2D eigenvalue weighted by Gasteiger charge is -2.13. The van der Waals surface area contributed by atoms with Crippen molar-refractivity contribution in [3.8, 4) is 11.5 Å². The van der Waals surface area contributed by atoms with Crippen LogP contribution in [0.5, 0.6) is 11.5 Å². The lowest BCUT2D eigenvalue weighted by Crippen LogP contribution is -2.36. The third kappa shape index (κ3) is 5.51. The molecule has 0 saturated heterocycles. The number of nitrogens with one attached hydrogen (secondary N) is 2. The number of carbonyl (C=O) groups is 2. The summed E-state index contributed by atoms with van der Waals surface area (Å²) in [4.78, 5) is 25.9. The van der Waals surface area contributed by atoms with Gasteiger partial charge < -0.3 is 25.2 Å². The molecule has 1 aromatic heterocycles. The summed E-state index contributed by atoms with van der Waals surface area (Å²) in [6, 6.07) is 11.3. The third-order valence-corrected chi connectivity index (χ3v) is 6.98. The standard InChI is InChI=1S/C24H28N4O7S/c1-27(2)36(32,33)28-15-17(18-7-5-6-8-20(18)28)13-19(24(31)25-11-12-29)26-23(30)16-9-10-21(34-3)22(14-16)35-4/h5-10,13-15,29H,11-12H2,1-4H3,(H,25,31)(H,26,30). The van der Waals surface area contributed by atoms with Crippen LogP contribution in [-0.4, -0.2) is 75.1 Å². The molecule has 3 rings (SSSR count). The summed E-state index contributed by atoms with van der Waals surface area (Å²) in [6.07, 6.45) is 2.76. The summed E-state index contributed by atoms with van der Waals surface area (Å²) >= 11 is 0. The Morgan fingerprint density at radius 3 is 2.42 bits per heavy atom. The van der Waals surface area contributed by atoms with E-state index in [2.05, 4.69) is 10.6 Å². The van der Waals surface area contributed by atoms with Crippen LogP contribution in [0.3, 0.4) is 0 Å². The molecule has 11 nitrogen and oxygen atoms in total. The van der Waals surface area contributed by atoms with Crippen molar-refractivity contribution in [1.29, 1.82) is 0 Å². The largest absolute Gasteiger partial charge is 0.493 e. The number of hydrogen-bond donors (Lipinski definition) is 3. The molecule has 0 fully saturated rings. The first-order chi connectivity index (χ1) is 17.1. The molecule has 0 radical (unpaired) electrons. The summed E-state index contributed by atoms with van der Waals surface area (Å²) in [5, 5.41) is 14.8. The fraction of sp³-hybridized carbons (Fsp3) is 0.250. The Balaban J connectivity index is 2.09. The van der Waals surface area contributed by atoms with Gasteiger partial charge in [-0.15, -0.1) is 0 Å². The van der Waals surface area contributed by atoms with Gasteiger partial charge in [0.05, 0.1) is 26.3 Å². The maximum absolute atomic E-state index is 13.0. The SMILES string of the molecule is COc1ccc(C(=O)NC(=Cc2cn(S(=O)(=O)N(C)C)c3ccccc23)C(=O)NCCO)cc1OC. The fourth-order valence-electron chi connectivity index (χ4n) is 3.41. The van der Waals surface area contributed by atoms with Gasteiger partial charge in [-0.2, -0.15) is 12.7 Å². The number of ether oxygens (including phenoxy) is 2. The Morgan fingerprint density at radius 2 is 1.78 bits per heavy atom. The molecule has 3 N–H and O–H groups in total. The van der Waals surface area contributed by atoms with Crippen LogP contribution in [0, 0.1) is 0 Å². The molecule has 0 aliphatic carbocycles. The van der Waals surface area contributed by atoms with Gasteiger partial charge in [0.15, 0.2) is 11.5 Å². The Hall–Kier alpha value is -3.87. The number of benzene rings is 2. The number of para-hydroxylation sites is 1. The maximum atomic E-state index is 13.0. The number of carbonyl (C=O) groups excluding carboxylic acids is 2. The van der Waals surface area contributed by atoms with E-state index in [1.165, 1.54) is 52.7 Å². The van der Waals surface area contributed by atoms with Crippen molar-refractivity contribution in [1.82, 2.24) is 18.9 Å². The van der Waals surface area contributed by atoms with Crippen LogP contribution < -0.4 is 20.1 Å². The van der Waals surface area contributed by atoms with Gasteiger partial charge in [-0.05, 0) is 30.3 Å². The molecule has 0 aliphatic heterocycles. The average molecular weight is 517 g/mol. The van der Waals surface area contributed by atoms with Gasteiger partial charge in [0.2, 0.25) is 0 Å². The van der Waals surface area contributed by atoms with Gasteiger partial charge in [-0.1, -0.05) is 18.2 Å². The molecule has 0 spiro atoms. The van der Waals surface area contributed by atoms with E-state index < -0.39 is 22.0 Å². The zero-order chi connectivity index (χ0) is 26.5. The van der Waals surface area contributed by atoms with Crippen molar-refractivity contribution in [2.45, 2.75) is 0 Å². The Kier molecular flexibility index (Phi) is 8.35. The second kappa shape index (κ2) is 11.2. The number of aromatic nitrogens is 1. The lowest BCUT2D eigenvalue weighted by atomic mass is 10.1. The quantitative estimate of drug-likeness (QED) is 0.344. The van der Waals surface area contributed by atoms with Crippen molar-refractivity contribution < 1.29 is 32.6 Å². The molecule has 2 aromatic carbocycles. The molecule has 0 bridgehead atoms. The van der Waals surface area contributed by atoms with E-state index in [0.717, 1.165) is 8.28 Å². The van der Waals surface area contributed by atoms with Crippen LogP contribution >= 0.6 is 0 Å². The zero-order valence-electron chi connectivity index (χ0n) is 20.3. The molecule has 0 saturated carbocycles. The van der Waals surface area contributed by atoms with E-state index in [-0.39, 0.29) is 24.4 Å². The molecule has 36 heavy (non-hydrogen) atoms. The van der Waals surface area contributed by atoms with Crippen molar-refractivity contribution in [2.75, 3.05) is 41.5 Å². The molecule has 0 unspecified atom stereocenters. The first-order valence-electron chi connectivity index (χ1n) is 10.8. The fourth-order valence-corrected chi connectivity index (χ4v) is 4.41. The first-order valence-corrected chi connectivity index (χ1v) is 12.2. The third-order valence-electron chi connectivity index (χ3n) is 5.25. The monoisotopic (exact) mass is 516 g/mol. The van der Waals surface area contributed by atoms with Crippen LogP contribution in [0.25, 0.3) is 17.0 Å². The van der Waals surface area contributed by atoms with Gasteiger partial charge in [0.1, 0.15) is 5.70 Å². The van der Waals surface area contributed by atoms with E-state index in [0.29, 0.717) is 28.0 Å². The molecule has 1 heterocycles. The Labute approximate surface area is 209 Å². The minimum Gasteiger partial charge on any atom is -0.493 e. The normalized spacial score (nSPS) is 12.0. The van der Waals surface area contributed by atoms with Crippen LogP contribution in [0.2, 0.25) is 0 Å². The summed E-state index contributed by atoms with van der Waals surface area (Å²) in [7, 11) is 1.87. The highest BCUT2D eigenvalue weighted by atomic mass is 32.2. The molecule has 0 atom stereocenters.